The fraction of sp³-hybridized carbons (Fsp3) is 0.133. The molecule has 9 heteroatoms. The summed E-state index contributed by atoms with van der Waals surface area (Å²) in [6.45, 7) is 1.87. The summed E-state index contributed by atoms with van der Waals surface area (Å²) in [5.74, 6) is -0.245. The highest BCUT2D eigenvalue weighted by Gasteiger charge is 2.31. The van der Waals surface area contributed by atoms with Gasteiger partial charge in [0.05, 0.1) is 21.1 Å². The number of nitro groups is 1. The number of hydrogen-bond acceptors (Lipinski definition) is 7. The molecule has 0 N–H and O–H groups in total. The molecule has 2 aromatic rings. The third-order valence-corrected chi connectivity index (χ3v) is 5.13. The quantitative estimate of drug-likeness (QED) is 0.474. The summed E-state index contributed by atoms with van der Waals surface area (Å²) in [7, 11) is 1.62. The third-order valence-electron chi connectivity index (χ3n) is 3.22. The number of para-hydroxylation sites is 1. The van der Waals surface area contributed by atoms with Crippen molar-refractivity contribution < 1.29 is 9.72 Å². The Morgan fingerprint density at radius 3 is 2.79 bits per heavy atom. The molecule has 0 unspecified atom stereocenters. The summed E-state index contributed by atoms with van der Waals surface area (Å²) in [6.07, 6.45) is 1.53. The molecule has 122 valence electrons. The summed E-state index contributed by atoms with van der Waals surface area (Å²) in [5.41, 5.74) is 1.21. The normalized spacial score (nSPS) is 17.9. The lowest BCUT2D eigenvalue weighted by molar-refractivity contribution is -0.385. The van der Waals surface area contributed by atoms with E-state index in [0.29, 0.717) is 20.8 Å². The van der Waals surface area contributed by atoms with E-state index in [1.807, 2.05) is 12.3 Å². The average Bonchev–Trinajstić information content (AvgIpc) is 3.07. The van der Waals surface area contributed by atoms with Crippen molar-refractivity contribution in [3.05, 3.63) is 55.9 Å². The van der Waals surface area contributed by atoms with Crippen LogP contribution in [0.5, 0.6) is 0 Å². The second kappa shape index (κ2) is 6.54. The second-order valence-electron chi connectivity index (χ2n) is 4.96. The predicted molar refractivity (Wildman–Crippen MR) is 95.4 cm³/mol. The van der Waals surface area contributed by atoms with Crippen molar-refractivity contribution in [3.8, 4) is 0 Å². The average molecular weight is 360 g/mol. The molecule has 1 aliphatic heterocycles. The molecule has 1 aromatic carbocycles. The molecule has 1 fully saturated rings. The first-order valence-electron chi connectivity index (χ1n) is 6.87. The number of aryl methyl sites for hydroxylation is 1. The lowest BCUT2D eigenvalue weighted by Gasteiger charge is -2.05. The first-order chi connectivity index (χ1) is 11.5. The van der Waals surface area contributed by atoms with Crippen molar-refractivity contribution in [1.29, 1.82) is 0 Å². The summed E-state index contributed by atoms with van der Waals surface area (Å²) in [6, 6.07) is 6.31. The molecule has 2 heterocycles. The lowest BCUT2D eigenvalue weighted by atomic mass is 10.1. The number of aliphatic imine (C=N–C) groups is 1. The lowest BCUT2D eigenvalue weighted by Crippen LogP contribution is -2.23. The minimum atomic E-state index is -0.465. The third kappa shape index (κ3) is 3.22. The van der Waals surface area contributed by atoms with Crippen molar-refractivity contribution in [2.75, 3.05) is 7.05 Å². The molecule has 7 nitrogen and oxygen atoms in total. The summed E-state index contributed by atoms with van der Waals surface area (Å²) < 4.78 is 0. The van der Waals surface area contributed by atoms with Crippen LogP contribution in [-0.4, -0.2) is 32.9 Å². The molecule has 0 saturated carbocycles. The van der Waals surface area contributed by atoms with Crippen LogP contribution in [0, 0.1) is 17.0 Å². The molecule has 1 saturated heterocycles. The number of rotatable bonds is 3. The molecule has 1 aromatic heterocycles. The molecular weight excluding hydrogens is 348 g/mol. The number of carbonyl (C=O) groups excluding carboxylic acids is 1. The smallest absolute Gasteiger partial charge is 0.276 e. The number of amidine groups is 1. The van der Waals surface area contributed by atoms with Gasteiger partial charge in [0.25, 0.3) is 11.6 Å². The van der Waals surface area contributed by atoms with Crippen molar-refractivity contribution >= 4 is 51.1 Å². The predicted octanol–water partition coefficient (Wildman–Crippen LogP) is 3.59. The number of thioether (sulfide) groups is 1. The van der Waals surface area contributed by atoms with Crippen LogP contribution in [0.25, 0.3) is 6.08 Å². The molecule has 24 heavy (non-hydrogen) atoms. The molecule has 1 aliphatic rings. The van der Waals surface area contributed by atoms with Crippen molar-refractivity contribution in [1.82, 2.24) is 9.88 Å². The van der Waals surface area contributed by atoms with Crippen LogP contribution >= 0.6 is 23.1 Å². The number of nitrogens with zero attached hydrogens (tertiary/aromatic N) is 4. The van der Waals surface area contributed by atoms with Crippen LogP contribution in [-0.2, 0) is 4.79 Å². The SMILES string of the molecule is Cc1csc(/N=C2/S/C(=C\c3ccccc3[N+](=O)[O-])C(=O)N2C)n1. The van der Waals surface area contributed by atoms with Crippen LogP contribution in [0.15, 0.2) is 39.5 Å². The van der Waals surface area contributed by atoms with Gasteiger partial charge in [0.2, 0.25) is 5.13 Å². The second-order valence-corrected chi connectivity index (χ2v) is 6.80. The zero-order valence-electron chi connectivity index (χ0n) is 12.8. The van der Waals surface area contributed by atoms with Crippen LogP contribution in [0.3, 0.4) is 0 Å². The Morgan fingerprint density at radius 2 is 2.12 bits per heavy atom. The van der Waals surface area contributed by atoms with E-state index in [4.69, 9.17) is 0 Å². The number of carbonyl (C=O) groups is 1. The fourth-order valence-corrected chi connectivity index (χ4v) is 3.72. The highest BCUT2D eigenvalue weighted by atomic mass is 32.2. The first-order valence-corrected chi connectivity index (χ1v) is 8.57. The van der Waals surface area contributed by atoms with Gasteiger partial charge in [-0.15, -0.1) is 11.3 Å². The van der Waals surface area contributed by atoms with Gasteiger partial charge in [-0.05, 0) is 30.8 Å². The van der Waals surface area contributed by atoms with E-state index in [1.165, 1.54) is 40.1 Å². The number of thiazole rings is 1. The van der Waals surface area contributed by atoms with Gasteiger partial charge in [-0.25, -0.2) is 4.98 Å². The molecule has 0 bridgehead atoms. The van der Waals surface area contributed by atoms with Crippen LogP contribution in [0.4, 0.5) is 10.8 Å². The van der Waals surface area contributed by atoms with Crippen molar-refractivity contribution in [2.45, 2.75) is 6.92 Å². The summed E-state index contributed by atoms with van der Waals surface area (Å²) in [4.78, 5) is 33.4. The van der Waals surface area contributed by atoms with E-state index >= 15 is 0 Å². The maximum atomic E-state index is 12.4. The van der Waals surface area contributed by atoms with Gasteiger partial charge < -0.3 is 0 Å². The fourth-order valence-electron chi connectivity index (χ4n) is 2.04. The Labute approximate surface area is 145 Å². The monoisotopic (exact) mass is 360 g/mol. The van der Waals surface area contributed by atoms with Crippen LogP contribution in [0.1, 0.15) is 11.3 Å². The minimum Gasteiger partial charge on any atom is -0.289 e. The van der Waals surface area contributed by atoms with Crippen LogP contribution in [0.2, 0.25) is 0 Å². The van der Waals surface area contributed by atoms with Gasteiger partial charge in [-0.1, -0.05) is 12.1 Å². The maximum Gasteiger partial charge on any atom is 0.276 e. The molecule has 0 radical (unpaired) electrons. The number of likely N-dealkylation sites (N-methyl/N-ethyl adjacent to an activating group) is 1. The standard InChI is InChI=1S/C15H12N4O3S2/c1-9-8-23-14(16-9)17-15-18(2)13(20)12(24-15)7-10-5-3-4-6-11(10)19(21)22/h3-8H,1-2H3/b12-7-,17-15+. The highest BCUT2D eigenvalue weighted by molar-refractivity contribution is 8.18. The van der Waals surface area contributed by atoms with Crippen molar-refractivity contribution in [3.63, 3.8) is 0 Å². The number of aromatic nitrogens is 1. The van der Waals surface area contributed by atoms with E-state index in [9.17, 15) is 14.9 Å². The largest absolute Gasteiger partial charge is 0.289 e. The number of amides is 1. The van der Waals surface area contributed by atoms with Gasteiger partial charge in [0.1, 0.15) is 0 Å². The van der Waals surface area contributed by atoms with Gasteiger partial charge in [-0.3, -0.25) is 19.8 Å². The molecule has 0 atom stereocenters. The molecule has 0 aliphatic carbocycles. The Kier molecular flexibility index (Phi) is 4.45. The molecule has 3 rings (SSSR count). The number of hydrogen-bond donors (Lipinski definition) is 0. The highest BCUT2D eigenvalue weighted by Crippen LogP contribution is 2.35. The van der Waals surface area contributed by atoms with E-state index in [0.717, 1.165) is 5.69 Å². The number of nitro benzene ring substituents is 1. The van der Waals surface area contributed by atoms with E-state index < -0.39 is 4.92 Å². The topological polar surface area (TPSA) is 88.7 Å². The van der Waals surface area contributed by atoms with E-state index in [-0.39, 0.29) is 11.6 Å². The van der Waals surface area contributed by atoms with Crippen molar-refractivity contribution in [2.24, 2.45) is 4.99 Å². The number of benzene rings is 1. The van der Waals surface area contributed by atoms with Crippen LogP contribution < -0.4 is 0 Å². The Hall–Kier alpha value is -2.52. The summed E-state index contributed by atoms with van der Waals surface area (Å²) >= 11 is 2.57. The minimum absolute atomic E-state index is 0.0398. The van der Waals surface area contributed by atoms with Gasteiger partial charge in [0.15, 0.2) is 5.17 Å². The molecular formula is C15H12N4O3S2. The summed E-state index contributed by atoms with van der Waals surface area (Å²) in [5, 5.41) is 14.0. The van der Waals surface area contributed by atoms with Gasteiger partial charge >= 0.3 is 0 Å². The van der Waals surface area contributed by atoms with E-state index in [2.05, 4.69) is 9.98 Å². The Morgan fingerprint density at radius 1 is 1.38 bits per heavy atom. The molecule has 0 spiro atoms. The maximum absolute atomic E-state index is 12.4. The van der Waals surface area contributed by atoms with Gasteiger partial charge in [-0.2, -0.15) is 4.99 Å². The Balaban J connectivity index is 1.95. The zero-order valence-corrected chi connectivity index (χ0v) is 14.4. The zero-order chi connectivity index (χ0) is 17.3. The molecule has 1 amide bonds. The van der Waals surface area contributed by atoms with Gasteiger partial charge in [0, 0.05) is 18.5 Å². The Bertz CT molecular complexity index is 888. The first kappa shape index (κ1) is 16.3. The van der Waals surface area contributed by atoms with E-state index in [1.54, 1.807) is 25.2 Å².